The van der Waals surface area contributed by atoms with Crippen molar-refractivity contribution in [3.63, 3.8) is 0 Å². The van der Waals surface area contributed by atoms with Crippen LogP contribution >= 0.6 is 0 Å². The highest BCUT2D eigenvalue weighted by atomic mass is 14.6. The third kappa shape index (κ3) is 6.73. The van der Waals surface area contributed by atoms with Crippen LogP contribution in [0, 0.1) is 22.7 Å². The molecule has 0 bridgehead atoms. The Kier molecular flexibility index (Phi) is 9.26. The Labute approximate surface area is 189 Å². The summed E-state index contributed by atoms with van der Waals surface area (Å²) < 4.78 is 0. The predicted octanol–water partition coefficient (Wildman–Crippen LogP) is 9.98. The van der Waals surface area contributed by atoms with Gasteiger partial charge in [-0.3, -0.25) is 0 Å². The summed E-state index contributed by atoms with van der Waals surface area (Å²) in [5.74, 6) is 1.63. The highest BCUT2D eigenvalue weighted by Gasteiger charge is 2.51. The van der Waals surface area contributed by atoms with Crippen molar-refractivity contribution in [3.8, 4) is 0 Å². The molecule has 0 saturated heterocycles. The fourth-order valence-electron chi connectivity index (χ4n) is 6.53. The fourth-order valence-corrected chi connectivity index (χ4v) is 6.53. The molecule has 30 heavy (non-hydrogen) atoms. The Morgan fingerprint density at radius 2 is 1.50 bits per heavy atom. The molecular weight excluding hydrogens is 360 g/mol. The highest BCUT2D eigenvalue weighted by Crippen LogP contribution is 2.60. The van der Waals surface area contributed by atoms with Crippen LogP contribution in [0.1, 0.15) is 120 Å². The third-order valence-electron chi connectivity index (χ3n) is 8.37. The monoisotopic (exact) mass is 410 g/mol. The minimum absolute atomic E-state index is 0.504. The molecule has 0 aromatic heterocycles. The summed E-state index contributed by atoms with van der Waals surface area (Å²) in [6.07, 6.45) is 22.9. The van der Waals surface area contributed by atoms with Gasteiger partial charge in [-0.05, 0) is 115 Å². The highest BCUT2D eigenvalue weighted by molar-refractivity contribution is 5.18. The molecule has 2 aliphatic carbocycles. The number of allylic oxidation sites excluding steroid dienone is 8. The summed E-state index contributed by atoms with van der Waals surface area (Å²) in [5, 5.41) is 0. The molecule has 0 N–H and O–H groups in total. The molecule has 0 spiro atoms. The zero-order valence-electron chi connectivity index (χ0n) is 21.5. The van der Waals surface area contributed by atoms with Gasteiger partial charge >= 0.3 is 0 Å². The molecule has 170 valence electrons. The molecule has 0 nitrogen and oxygen atoms in total. The molecule has 0 heteroatoms. The van der Waals surface area contributed by atoms with Crippen molar-refractivity contribution < 1.29 is 0 Å². The van der Waals surface area contributed by atoms with Gasteiger partial charge in [-0.25, -0.2) is 0 Å². The minimum atomic E-state index is 0.504. The van der Waals surface area contributed by atoms with Crippen LogP contribution in [0.15, 0.2) is 46.6 Å². The van der Waals surface area contributed by atoms with Gasteiger partial charge in [0, 0.05) is 0 Å². The van der Waals surface area contributed by atoms with Gasteiger partial charge in [-0.1, -0.05) is 73.8 Å². The van der Waals surface area contributed by atoms with Crippen LogP contribution in [0.4, 0.5) is 0 Å². The Hall–Kier alpha value is -1.04. The average Bonchev–Trinajstić information content (AvgIpc) is 2.63. The van der Waals surface area contributed by atoms with Crippen LogP contribution in [-0.2, 0) is 0 Å². The largest absolute Gasteiger partial charge is 0.0856 e. The predicted molar refractivity (Wildman–Crippen MR) is 136 cm³/mol. The summed E-state index contributed by atoms with van der Waals surface area (Å²) in [4.78, 5) is 0. The van der Waals surface area contributed by atoms with Crippen LogP contribution in [0.3, 0.4) is 0 Å². The molecule has 0 aromatic carbocycles. The maximum Gasteiger partial charge on any atom is -0.0146 e. The van der Waals surface area contributed by atoms with Crippen LogP contribution in [0.25, 0.3) is 0 Å². The van der Waals surface area contributed by atoms with E-state index >= 15 is 0 Å². The molecule has 3 atom stereocenters. The summed E-state index contributed by atoms with van der Waals surface area (Å²) in [5.41, 5.74) is 7.24. The van der Waals surface area contributed by atoms with Crippen molar-refractivity contribution in [2.75, 3.05) is 0 Å². The van der Waals surface area contributed by atoms with Crippen molar-refractivity contribution >= 4 is 0 Å². The molecule has 0 heterocycles. The molecule has 1 saturated carbocycles. The Balaban J connectivity index is 1.87. The van der Waals surface area contributed by atoms with E-state index in [-0.39, 0.29) is 0 Å². The van der Waals surface area contributed by atoms with E-state index in [9.17, 15) is 0 Å². The molecule has 0 aliphatic heterocycles. The van der Waals surface area contributed by atoms with Crippen molar-refractivity contribution in [1.29, 1.82) is 0 Å². The van der Waals surface area contributed by atoms with E-state index in [2.05, 4.69) is 79.7 Å². The van der Waals surface area contributed by atoms with E-state index in [1.54, 1.807) is 16.7 Å². The summed E-state index contributed by atoms with van der Waals surface area (Å²) in [7, 11) is 0. The third-order valence-corrected chi connectivity index (χ3v) is 8.37. The zero-order valence-corrected chi connectivity index (χ0v) is 21.5. The van der Waals surface area contributed by atoms with E-state index in [4.69, 9.17) is 0 Å². The molecule has 2 aliphatic rings. The molecular formula is C30H50. The zero-order chi connectivity index (χ0) is 22.4. The number of hydrogen-bond donors (Lipinski definition) is 0. The van der Waals surface area contributed by atoms with Crippen LogP contribution < -0.4 is 0 Å². The first-order chi connectivity index (χ1) is 14.1. The SMILES string of the molecule is CC(C)=CCC/C(C)=C/CC/C(C)=C/CC[C@H]1C(C)=CCC2C(C)(C)CCC[C@@]21C. The van der Waals surface area contributed by atoms with Gasteiger partial charge in [0.25, 0.3) is 0 Å². The van der Waals surface area contributed by atoms with Gasteiger partial charge in [-0.15, -0.1) is 0 Å². The standard InChI is InChI=1S/C30H50/c1-23(2)13-9-14-24(3)15-10-16-25(4)17-11-18-27-26(5)19-20-28-29(6,7)21-12-22-30(27,28)8/h13,15,17,19,27-28H,9-12,14,16,18,20-22H2,1-8H3/b24-15+,25-17+/t27-,28?,30+/m0/s1. The lowest BCUT2D eigenvalue weighted by atomic mass is 9.48. The van der Waals surface area contributed by atoms with Crippen molar-refractivity contribution in [3.05, 3.63) is 46.6 Å². The van der Waals surface area contributed by atoms with Crippen molar-refractivity contribution in [2.24, 2.45) is 22.7 Å². The topological polar surface area (TPSA) is 0 Å². The second-order valence-electron chi connectivity index (χ2n) is 11.7. The Morgan fingerprint density at radius 3 is 2.13 bits per heavy atom. The van der Waals surface area contributed by atoms with Gasteiger partial charge in [0.1, 0.15) is 0 Å². The lowest BCUT2D eigenvalue weighted by Crippen LogP contribution is -2.48. The minimum Gasteiger partial charge on any atom is -0.0856 e. The van der Waals surface area contributed by atoms with Gasteiger partial charge in [0.05, 0.1) is 0 Å². The lowest BCUT2D eigenvalue weighted by molar-refractivity contribution is -0.0388. The maximum atomic E-state index is 2.62. The average molecular weight is 411 g/mol. The number of fused-ring (bicyclic) bond motifs is 1. The Morgan fingerprint density at radius 1 is 0.900 bits per heavy atom. The van der Waals surface area contributed by atoms with Gasteiger partial charge < -0.3 is 0 Å². The van der Waals surface area contributed by atoms with E-state index in [1.807, 2.05) is 0 Å². The molecule has 0 aromatic rings. The summed E-state index contributed by atoms with van der Waals surface area (Å²) in [6.45, 7) is 19.1. The van der Waals surface area contributed by atoms with E-state index < -0.39 is 0 Å². The first kappa shape index (κ1) is 25.2. The van der Waals surface area contributed by atoms with Crippen LogP contribution in [0.5, 0.6) is 0 Å². The first-order valence-corrected chi connectivity index (χ1v) is 12.7. The number of hydrogen-bond acceptors (Lipinski definition) is 0. The van der Waals surface area contributed by atoms with Gasteiger partial charge in [0.15, 0.2) is 0 Å². The molecule has 1 fully saturated rings. The van der Waals surface area contributed by atoms with Crippen molar-refractivity contribution in [1.82, 2.24) is 0 Å². The fraction of sp³-hybridized carbons (Fsp3) is 0.733. The van der Waals surface area contributed by atoms with E-state index in [1.165, 1.54) is 69.8 Å². The summed E-state index contributed by atoms with van der Waals surface area (Å²) >= 11 is 0. The molecule has 0 radical (unpaired) electrons. The maximum absolute atomic E-state index is 2.62. The number of rotatable bonds is 9. The first-order valence-electron chi connectivity index (χ1n) is 12.7. The van der Waals surface area contributed by atoms with Crippen LogP contribution in [-0.4, -0.2) is 0 Å². The van der Waals surface area contributed by atoms with Gasteiger partial charge in [0.2, 0.25) is 0 Å². The lowest BCUT2D eigenvalue weighted by Gasteiger charge is -2.57. The quantitative estimate of drug-likeness (QED) is 0.332. The van der Waals surface area contributed by atoms with E-state index in [0.717, 1.165) is 11.8 Å². The van der Waals surface area contributed by atoms with Crippen LogP contribution in [0.2, 0.25) is 0 Å². The molecule has 1 unspecified atom stereocenters. The van der Waals surface area contributed by atoms with Crippen molar-refractivity contribution in [2.45, 2.75) is 120 Å². The smallest absolute Gasteiger partial charge is 0.0146 e. The van der Waals surface area contributed by atoms with E-state index in [0.29, 0.717) is 10.8 Å². The normalized spacial score (nSPS) is 29.3. The molecule has 0 amide bonds. The Bertz CT molecular complexity index is 677. The molecule has 2 rings (SSSR count). The second-order valence-corrected chi connectivity index (χ2v) is 11.7. The second kappa shape index (κ2) is 11.0. The van der Waals surface area contributed by atoms with Gasteiger partial charge in [-0.2, -0.15) is 0 Å². The summed E-state index contributed by atoms with van der Waals surface area (Å²) in [6, 6.07) is 0.